The van der Waals surface area contributed by atoms with E-state index in [1.54, 1.807) is 0 Å². The second-order valence-corrected chi connectivity index (χ2v) is 3.33. The third-order valence-corrected chi connectivity index (χ3v) is 2.66. The topological polar surface area (TPSA) is 20.2 Å². The van der Waals surface area contributed by atoms with Crippen LogP contribution in [-0.4, -0.2) is 11.7 Å². The molecule has 0 aromatic carbocycles. The number of aliphatic hydroxyl groups excluding tert-OH is 1. The Balaban J connectivity index is 2.59. The van der Waals surface area contributed by atoms with Crippen molar-refractivity contribution in [3.63, 3.8) is 0 Å². The van der Waals surface area contributed by atoms with Gasteiger partial charge < -0.3 is 5.11 Å². The fraction of sp³-hybridized carbons (Fsp3) is 0.714. The Hall–Kier alpha value is 0.180. The average molecular weight is 191 g/mol. The summed E-state index contributed by atoms with van der Waals surface area (Å²) in [4.78, 5) is 0. The average Bonchev–Trinajstić information content (AvgIpc) is 1.89. The van der Waals surface area contributed by atoms with Crippen LogP contribution in [0.5, 0.6) is 0 Å². The summed E-state index contributed by atoms with van der Waals surface area (Å²) in [5, 5.41) is 8.77. The third kappa shape index (κ3) is 1.80. The van der Waals surface area contributed by atoms with E-state index in [4.69, 9.17) is 5.11 Å². The minimum absolute atomic E-state index is 0.237. The Kier molecular flexibility index (Phi) is 2.73. The zero-order valence-electron chi connectivity index (χ0n) is 5.36. The van der Waals surface area contributed by atoms with E-state index in [0.29, 0.717) is 0 Å². The normalized spacial score (nSPS) is 20.7. The lowest BCUT2D eigenvalue weighted by Crippen LogP contribution is -1.98. The molecule has 0 bridgehead atoms. The Morgan fingerprint density at radius 1 is 1.33 bits per heavy atom. The predicted octanol–water partition coefficient (Wildman–Crippen LogP) is 2.20. The summed E-state index contributed by atoms with van der Waals surface area (Å²) in [6.07, 6.45) is 4.71. The summed E-state index contributed by atoms with van der Waals surface area (Å²) in [6, 6.07) is 0. The molecule has 1 aliphatic carbocycles. The van der Waals surface area contributed by atoms with Crippen molar-refractivity contribution in [1.82, 2.24) is 0 Å². The van der Waals surface area contributed by atoms with Crippen LogP contribution in [0.4, 0.5) is 0 Å². The summed E-state index contributed by atoms with van der Waals surface area (Å²) < 4.78 is 1.23. The standard InChI is InChI=1S/C7H11BrO/c8-7-4-2-1-3-6(7)5-9/h9H,1-5H2. The molecule has 0 fully saturated rings. The lowest BCUT2D eigenvalue weighted by atomic mass is 10.0. The zero-order chi connectivity index (χ0) is 6.69. The summed E-state index contributed by atoms with van der Waals surface area (Å²) in [5.41, 5.74) is 1.20. The van der Waals surface area contributed by atoms with E-state index >= 15 is 0 Å². The highest BCUT2D eigenvalue weighted by molar-refractivity contribution is 9.11. The minimum Gasteiger partial charge on any atom is -0.392 e. The molecule has 0 amide bonds. The minimum atomic E-state index is 0.237. The van der Waals surface area contributed by atoms with Gasteiger partial charge in [-0.25, -0.2) is 0 Å². The van der Waals surface area contributed by atoms with Gasteiger partial charge in [0.2, 0.25) is 0 Å². The number of hydrogen-bond donors (Lipinski definition) is 1. The lowest BCUT2D eigenvalue weighted by molar-refractivity contribution is 0.322. The highest BCUT2D eigenvalue weighted by Crippen LogP contribution is 2.27. The number of hydrogen-bond acceptors (Lipinski definition) is 1. The molecule has 0 atom stereocenters. The van der Waals surface area contributed by atoms with Gasteiger partial charge in [0.05, 0.1) is 6.61 Å². The van der Waals surface area contributed by atoms with Crippen LogP contribution in [0.25, 0.3) is 0 Å². The van der Waals surface area contributed by atoms with Crippen molar-refractivity contribution < 1.29 is 5.11 Å². The van der Waals surface area contributed by atoms with Gasteiger partial charge in [0.1, 0.15) is 0 Å². The third-order valence-electron chi connectivity index (χ3n) is 1.70. The van der Waals surface area contributed by atoms with E-state index in [1.807, 2.05) is 0 Å². The fourth-order valence-electron chi connectivity index (χ4n) is 1.10. The molecule has 9 heavy (non-hydrogen) atoms. The maximum Gasteiger partial charge on any atom is 0.0652 e. The van der Waals surface area contributed by atoms with Gasteiger partial charge in [-0.1, -0.05) is 15.9 Å². The van der Waals surface area contributed by atoms with E-state index in [9.17, 15) is 0 Å². The van der Waals surface area contributed by atoms with Crippen molar-refractivity contribution in [1.29, 1.82) is 0 Å². The van der Waals surface area contributed by atoms with Crippen molar-refractivity contribution in [2.24, 2.45) is 0 Å². The molecule has 52 valence electrons. The number of aliphatic hydroxyl groups is 1. The van der Waals surface area contributed by atoms with E-state index in [1.165, 1.54) is 22.9 Å². The van der Waals surface area contributed by atoms with Gasteiger partial charge in [0.15, 0.2) is 0 Å². The van der Waals surface area contributed by atoms with Crippen molar-refractivity contribution >= 4 is 15.9 Å². The van der Waals surface area contributed by atoms with Gasteiger partial charge in [-0.15, -0.1) is 0 Å². The van der Waals surface area contributed by atoms with Crippen molar-refractivity contribution in [3.05, 3.63) is 10.1 Å². The molecular formula is C7H11BrO. The van der Waals surface area contributed by atoms with Crippen molar-refractivity contribution in [3.8, 4) is 0 Å². The largest absolute Gasteiger partial charge is 0.392 e. The maximum absolute atomic E-state index is 8.77. The molecule has 0 radical (unpaired) electrons. The monoisotopic (exact) mass is 190 g/mol. The van der Waals surface area contributed by atoms with Crippen LogP contribution in [0.15, 0.2) is 10.1 Å². The Morgan fingerprint density at radius 3 is 2.44 bits per heavy atom. The van der Waals surface area contributed by atoms with Crippen molar-refractivity contribution in [2.75, 3.05) is 6.61 Å². The molecule has 0 saturated heterocycles. The lowest BCUT2D eigenvalue weighted by Gasteiger charge is -2.13. The van der Waals surface area contributed by atoms with E-state index in [0.717, 1.165) is 12.8 Å². The van der Waals surface area contributed by atoms with Crippen LogP contribution < -0.4 is 0 Å². The van der Waals surface area contributed by atoms with Crippen LogP contribution in [0.3, 0.4) is 0 Å². The molecular weight excluding hydrogens is 180 g/mol. The van der Waals surface area contributed by atoms with Gasteiger partial charge in [0, 0.05) is 0 Å². The Bertz CT molecular complexity index is 129. The molecule has 1 aliphatic rings. The highest BCUT2D eigenvalue weighted by Gasteiger charge is 2.08. The molecule has 0 saturated carbocycles. The van der Waals surface area contributed by atoms with Gasteiger partial charge in [-0.2, -0.15) is 0 Å². The quantitative estimate of drug-likeness (QED) is 0.673. The predicted molar refractivity (Wildman–Crippen MR) is 41.5 cm³/mol. The van der Waals surface area contributed by atoms with E-state index in [-0.39, 0.29) is 6.61 Å². The fourth-order valence-corrected chi connectivity index (χ4v) is 1.70. The van der Waals surface area contributed by atoms with Crippen LogP contribution in [-0.2, 0) is 0 Å². The first kappa shape index (κ1) is 7.29. The SMILES string of the molecule is OCC1=C(Br)CCCC1. The molecule has 0 heterocycles. The van der Waals surface area contributed by atoms with Crippen LogP contribution in [0.1, 0.15) is 25.7 Å². The van der Waals surface area contributed by atoms with E-state index < -0.39 is 0 Å². The molecule has 0 aromatic rings. The van der Waals surface area contributed by atoms with Crippen LogP contribution >= 0.6 is 15.9 Å². The maximum atomic E-state index is 8.77. The summed E-state index contributed by atoms with van der Waals surface area (Å²) in [6.45, 7) is 0.237. The molecule has 0 aliphatic heterocycles. The van der Waals surface area contributed by atoms with Crippen molar-refractivity contribution in [2.45, 2.75) is 25.7 Å². The van der Waals surface area contributed by atoms with Gasteiger partial charge in [0.25, 0.3) is 0 Å². The summed E-state index contributed by atoms with van der Waals surface area (Å²) in [5.74, 6) is 0. The second kappa shape index (κ2) is 3.37. The van der Waals surface area contributed by atoms with Gasteiger partial charge in [-0.3, -0.25) is 0 Å². The molecule has 1 nitrogen and oxygen atoms in total. The number of rotatable bonds is 1. The first-order valence-electron chi connectivity index (χ1n) is 3.32. The number of allylic oxidation sites excluding steroid dienone is 1. The summed E-state index contributed by atoms with van der Waals surface area (Å²) >= 11 is 3.43. The zero-order valence-corrected chi connectivity index (χ0v) is 6.95. The summed E-state index contributed by atoms with van der Waals surface area (Å²) in [7, 11) is 0. The number of halogens is 1. The molecule has 0 spiro atoms. The molecule has 0 aromatic heterocycles. The Labute approximate surface area is 63.9 Å². The van der Waals surface area contributed by atoms with Gasteiger partial charge >= 0.3 is 0 Å². The van der Waals surface area contributed by atoms with Crippen LogP contribution in [0.2, 0.25) is 0 Å². The molecule has 1 rings (SSSR count). The first-order valence-corrected chi connectivity index (χ1v) is 4.11. The Morgan fingerprint density at radius 2 is 2.00 bits per heavy atom. The molecule has 0 unspecified atom stereocenters. The van der Waals surface area contributed by atoms with E-state index in [2.05, 4.69) is 15.9 Å². The molecule has 1 N–H and O–H groups in total. The highest BCUT2D eigenvalue weighted by atomic mass is 79.9. The first-order chi connectivity index (χ1) is 4.34. The smallest absolute Gasteiger partial charge is 0.0652 e. The van der Waals surface area contributed by atoms with Gasteiger partial charge in [-0.05, 0) is 35.7 Å². The second-order valence-electron chi connectivity index (χ2n) is 2.37. The van der Waals surface area contributed by atoms with Crippen LogP contribution in [0, 0.1) is 0 Å². The molecule has 2 heteroatoms.